The van der Waals surface area contributed by atoms with E-state index in [0.29, 0.717) is 5.69 Å². The lowest BCUT2D eigenvalue weighted by Gasteiger charge is -2.01. The number of hydrogen-bond acceptors (Lipinski definition) is 3. The molecule has 31 heavy (non-hydrogen) atoms. The molecule has 0 aliphatic carbocycles. The summed E-state index contributed by atoms with van der Waals surface area (Å²) in [7, 11) is 0. The molecule has 0 atom stereocenters. The molecular weight excluding hydrogens is 635 g/mol. The molecule has 0 unspecified atom stereocenters. The third-order valence-electron chi connectivity index (χ3n) is 3.27. The maximum absolute atomic E-state index is 13.1. The summed E-state index contributed by atoms with van der Waals surface area (Å²) >= 11 is 4.29. The zero-order valence-corrected chi connectivity index (χ0v) is 19.7. The largest absolute Gasteiger partial charge is 0.285 e. The lowest BCUT2D eigenvalue weighted by molar-refractivity contribution is 0.584. The summed E-state index contributed by atoms with van der Waals surface area (Å²) in [5.74, 6) is -1.87. The number of H-pyrrole nitrogens is 1. The molecule has 1 N–H and O–H groups in total. The average molecular weight is 646 g/mol. The Morgan fingerprint density at radius 2 is 1.65 bits per heavy atom. The molecule has 0 saturated carbocycles. The average Bonchev–Trinajstić information content (AvgIpc) is 3.38. The molecule has 11 heteroatoms. The molecule has 156 valence electrons. The molecule has 2 heterocycles. The van der Waals surface area contributed by atoms with Crippen molar-refractivity contribution in [3.63, 3.8) is 0 Å². The van der Waals surface area contributed by atoms with Crippen molar-refractivity contribution < 1.29 is 13.2 Å². The van der Waals surface area contributed by atoms with Crippen LogP contribution in [0, 0.1) is 42.5 Å². The number of aromatic amines is 1. The summed E-state index contributed by atoms with van der Waals surface area (Å²) < 4.78 is 41.2. The van der Waals surface area contributed by atoms with Gasteiger partial charge in [0.2, 0.25) is 0 Å². The number of hydrogen-bond donors (Lipinski definition) is 1. The van der Waals surface area contributed by atoms with Crippen LogP contribution in [-0.2, 0) is 0 Å². The van der Waals surface area contributed by atoms with Crippen LogP contribution in [0.5, 0.6) is 0 Å². The molecule has 0 aliphatic heterocycles. The second-order valence-electron chi connectivity index (χ2n) is 5.57. The van der Waals surface area contributed by atoms with Crippen molar-refractivity contribution in [2.24, 2.45) is 0 Å². The molecule has 0 amide bonds. The van der Waals surface area contributed by atoms with Crippen molar-refractivity contribution in [1.29, 1.82) is 5.26 Å². The molecule has 4 aromatic rings. The summed E-state index contributed by atoms with van der Waals surface area (Å²) in [6.07, 6.45) is 7.02. The first-order chi connectivity index (χ1) is 14.8. The van der Waals surface area contributed by atoms with Crippen molar-refractivity contribution in [3.8, 4) is 11.8 Å². The molecule has 2 aromatic carbocycles. The molecule has 0 saturated heterocycles. The van der Waals surface area contributed by atoms with Gasteiger partial charge in [0.25, 0.3) is 0 Å². The molecule has 0 fully saturated rings. The van der Waals surface area contributed by atoms with Crippen molar-refractivity contribution in [2.75, 3.05) is 0 Å². The molecule has 4 rings (SSSR count). The lowest BCUT2D eigenvalue weighted by atomic mass is 10.2. The van der Waals surface area contributed by atoms with Crippen molar-refractivity contribution in [2.45, 2.75) is 0 Å². The van der Waals surface area contributed by atoms with Crippen LogP contribution in [0.25, 0.3) is 10.5 Å². The molecule has 0 spiro atoms. The van der Waals surface area contributed by atoms with E-state index < -0.39 is 17.5 Å². The van der Waals surface area contributed by atoms with E-state index in [-0.39, 0.29) is 11.3 Å². The fourth-order valence-corrected chi connectivity index (χ4v) is 2.72. The van der Waals surface area contributed by atoms with Crippen LogP contribution in [0.1, 0.15) is 5.56 Å². The number of benzene rings is 2. The number of aromatic nitrogens is 4. The van der Waals surface area contributed by atoms with E-state index in [0.717, 1.165) is 25.3 Å². The van der Waals surface area contributed by atoms with E-state index in [4.69, 9.17) is 11.8 Å². The Morgan fingerprint density at radius 3 is 2.10 bits per heavy atom. The van der Waals surface area contributed by atoms with E-state index in [1.165, 1.54) is 16.8 Å². The van der Waals surface area contributed by atoms with Gasteiger partial charge in [-0.1, -0.05) is 0 Å². The number of nitrogens with zero attached hydrogens (tertiary/aromatic N) is 5. The predicted molar refractivity (Wildman–Crippen MR) is 125 cm³/mol. The quantitative estimate of drug-likeness (QED) is 0.203. The highest BCUT2D eigenvalue weighted by Gasteiger charge is 2.03. The van der Waals surface area contributed by atoms with Gasteiger partial charge in [0.05, 0.1) is 43.4 Å². The smallest absolute Gasteiger partial charge is 0.192 e. The van der Waals surface area contributed by atoms with Gasteiger partial charge in [0, 0.05) is 18.5 Å². The van der Waals surface area contributed by atoms with Crippen LogP contribution in [0.4, 0.5) is 18.9 Å². The minimum atomic E-state index is -0.717. The zero-order chi connectivity index (χ0) is 22.8. The SMILES string of the molecule is Ic1cn[nH]c1.N#Cc1cc(F)cc(-n2cc(I)cn2)c1.[C-]#[N+]c1cc(F)cc(F)c1. The van der Waals surface area contributed by atoms with Crippen molar-refractivity contribution in [3.05, 3.63) is 103 Å². The van der Waals surface area contributed by atoms with E-state index >= 15 is 0 Å². The van der Waals surface area contributed by atoms with Gasteiger partial charge in [-0.05, 0) is 75.5 Å². The Balaban J connectivity index is 0.000000183. The van der Waals surface area contributed by atoms with Gasteiger partial charge in [0.15, 0.2) is 5.69 Å². The summed E-state index contributed by atoms with van der Waals surface area (Å²) in [6, 6.07) is 8.72. The first-order valence-electron chi connectivity index (χ1n) is 8.20. The number of rotatable bonds is 1. The van der Waals surface area contributed by atoms with Crippen LogP contribution < -0.4 is 0 Å². The maximum Gasteiger partial charge on any atom is 0.192 e. The molecule has 0 radical (unpaired) electrons. The topological polar surface area (TPSA) is 74.6 Å². The Hall–Kier alpha value is -2.91. The van der Waals surface area contributed by atoms with E-state index in [1.807, 2.05) is 12.3 Å². The molecular formula is C20H11F3I2N6. The van der Waals surface area contributed by atoms with Crippen LogP contribution >= 0.6 is 45.2 Å². The second kappa shape index (κ2) is 12.1. The fourth-order valence-electron chi connectivity index (χ4n) is 2.05. The van der Waals surface area contributed by atoms with Gasteiger partial charge in [-0.3, -0.25) is 5.10 Å². The predicted octanol–water partition coefficient (Wildman–Crippen LogP) is 6.02. The Kier molecular flexibility index (Phi) is 9.48. The number of nitriles is 1. The second-order valence-corrected chi connectivity index (χ2v) is 8.06. The van der Waals surface area contributed by atoms with Gasteiger partial charge < -0.3 is 0 Å². The van der Waals surface area contributed by atoms with Gasteiger partial charge in [0.1, 0.15) is 17.5 Å². The Morgan fingerprint density at radius 1 is 0.968 bits per heavy atom. The fraction of sp³-hybridized carbons (Fsp3) is 0. The Labute approximate surface area is 202 Å². The lowest BCUT2D eigenvalue weighted by Crippen LogP contribution is -1.95. The van der Waals surface area contributed by atoms with E-state index in [2.05, 4.69) is 65.3 Å². The van der Waals surface area contributed by atoms with Crippen molar-refractivity contribution >= 4 is 50.9 Å². The third-order valence-corrected chi connectivity index (χ3v) is 4.42. The number of nitrogens with one attached hydrogen (secondary N) is 1. The molecule has 0 bridgehead atoms. The van der Waals surface area contributed by atoms with Crippen LogP contribution in [0.2, 0.25) is 0 Å². The van der Waals surface area contributed by atoms with Crippen LogP contribution in [-0.4, -0.2) is 20.0 Å². The Bertz CT molecular complexity index is 1210. The molecule has 2 aromatic heterocycles. The summed E-state index contributed by atoms with van der Waals surface area (Å²) in [5, 5.41) is 19.1. The number of halogens is 5. The normalized spacial score (nSPS) is 9.39. The summed E-state index contributed by atoms with van der Waals surface area (Å²) in [5.41, 5.74) is 0.822. The third kappa shape index (κ3) is 8.39. The van der Waals surface area contributed by atoms with Gasteiger partial charge >= 0.3 is 0 Å². The minimum absolute atomic E-state index is 0.0162. The van der Waals surface area contributed by atoms with Gasteiger partial charge in [-0.2, -0.15) is 15.5 Å². The summed E-state index contributed by atoms with van der Waals surface area (Å²) in [6.45, 7) is 6.43. The minimum Gasteiger partial charge on any atom is -0.285 e. The highest BCUT2D eigenvalue weighted by molar-refractivity contribution is 14.1. The highest BCUT2D eigenvalue weighted by atomic mass is 127. The first-order valence-corrected chi connectivity index (χ1v) is 10.4. The van der Waals surface area contributed by atoms with E-state index in [9.17, 15) is 13.2 Å². The first kappa shape index (κ1) is 24.4. The van der Waals surface area contributed by atoms with Gasteiger partial charge in [-0.25, -0.2) is 22.7 Å². The molecule has 6 nitrogen and oxygen atoms in total. The zero-order valence-electron chi connectivity index (χ0n) is 15.4. The monoisotopic (exact) mass is 646 g/mol. The van der Waals surface area contributed by atoms with Crippen LogP contribution in [0.3, 0.4) is 0 Å². The van der Waals surface area contributed by atoms with Gasteiger partial charge in [-0.15, -0.1) is 0 Å². The highest BCUT2D eigenvalue weighted by Crippen LogP contribution is 2.15. The summed E-state index contributed by atoms with van der Waals surface area (Å²) in [4.78, 5) is 2.86. The standard InChI is InChI=1S/C10H5FIN3.C7H3F2N.C3H3IN2/c11-8-1-7(4-13)2-10(3-8)15-6-9(12)5-14-15;1-10-7-3-5(8)2-6(9)4-7;4-3-1-5-6-2-3/h1-3,5-6H;2-4H;1-2H,(H,5,6). The van der Waals surface area contributed by atoms with Crippen LogP contribution in [0.15, 0.2) is 61.2 Å². The van der Waals surface area contributed by atoms with E-state index in [1.54, 1.807) is 24.7 Å². The molecule has 0 aliphatic rings. The maximum atomic E-state index is 13.1. The van der Waals surface area contributed by atoms with Crippen molar-refractivity contribution in [1.82, 2.24) is 20.0 Å².